The third-order valence-electron chi connectivity index (χ3n) is 5.21. The number of aryl methyl sites for hydroxylation is 1. The maximum atomic E-state index is 12.9. The zero-order valence-corrected chi connectivity index (χ0v) is 18.7. The smallest absolute Gasteiger partial charge is 0.339 e. The second kappa shape index (κ2) is 9.95. The van der Waals surface area contributed by atoms with Gasteiger partial charge in [-0.25, -0.2) is 14.6 Å². The first kappa shape index (κ1) is 22.7. The highest BCUT2D eigenvalue weighted by Crippen LogP contribution is 2.25. The maximum absolute atomic E-state index is 12.9. The Bertz CT molecular complexity index is 1360. The van der Waals surface area contributed by atoms with E-state index in [-0.39, 0.29) is 0 Å². The van der Waals surface area contributed by atoms with E-state index in [0.29, 0.717) is 33.4 Å². The number of ether oxygens (including phenoxy) is 2. The molecule has 1 heterocycles. The van der Waals surface area contributed by atoms with Crippen molar-refractivity contribution in [2.45, 2.75) is 6.92 Å². The Morgan fingerprint density at radius 2 is 1.59 bits per heavy atom. The van der Waals surface area contributed by atoms with Gasteiger partial charge in [0.25, 0.3) is 5.91 Å². The molecule has 0 atom stereocenters. The zero-order chi connectivity index (χ0) is 24.1. The van der Waals surface area contributed by atoms with Crippen LogP contribution >= 0.6 is 0 Å². The number of nitrogens with one attached hydrogen (secondary N) is 1. The van der Waals surface area contributed by atoms with Crippen LogP contribution < -0.4 is 5.32 Å². The predicted molar refractivity (Wildman–Crippen MR) is 129 cm³/mol. The minimum Gasteiger partial charge on any atom is -0.465 e. The van der Waals surface area contributed by atoms with Crippen molar-refractivity contribution in [3.05, 3.63) is 95.6 Å². The number of methoxy groups -OCH3 is 1. The third-order valence-corrected chi connectivity index (χ3v) is 5.21. The SMILES string of the molecule is COC(=O)c1ccc(NC(=O)COC(=O)c2cc(-c3ccc(C)cc3)nc3ccccc23)cc1. The van der Waals surface area contributed by atoms with Crippen LogP contribution in [0.25, 0.3) is 22.2 Å². The molecule has 4 rings (SSSR count). The molecule has 0 spiro atoms. The molecule has 1 N–H and O–H groups in total. The first-order chi connectivity index (χ1) is 16.4. The van der Waals surface area contributed by atoms with Crippen LogP contribution in [0.1, 0.15) is 26.3 Å². The van der Waals surface area contributed by atoms with Gasteiger partial charge in [0.05, 0.1) is 29.4 Å². The lowest BCUT2D eigenvalue weighted by molar-refractivity contribution is -0.119. The number of esters is 2. The Hall–Kier alpha value is -4.52. The second-order valence-corrected chi connectivity index (χ2v) is 7.63. The fraction of sp³-hybridized carbons (Fsp3) is 0.111. The minimum absolute atomic E-state index is 0.330. The summed E-state index contributed by atoms with van der Waals surface area (Å²) in [6, 6.07) is 23.0. The van der Waals surface area contributed by atoms with Gasteiger partial charge < -0.3 is 14.8 Å². The van der Waals surface area contributed by atoms with Crippen molar-refractivity contribution < 1.29 is 23.9 Å². The summed E-state index contributed by atoms with van der Waals surface area (Å²) in [4.78, 5) is 41.4. The number of amides is 1. The van der Waals surface area contributed by atoms with Crippen LogP contribution in [0.15, 0.2) is 78.9 Å². The lowest BCUT2D eigenvalue weighted by atomic mass is 10.0. The molecule has 0 fully saturated rings. The maximum Gasteiger partial charge on any atom is 0.339 e. The van der Waals surface area contributed by atoms with Gasteiger partial charge in [0.1, 0.15) is 0 Å². The molecule has 0 aliphatic carbocycles. The van der Waals surface area contributed by atoms with E-state index in [1.54, 1.807) is 24.3 Å². The van der Waals surface area contributed by atoms with Gasteiger partial charge in [-0.3, -0.25) is 4.79 Å². The van der Waals surface area contributed by atoms with Crippen LogP contribution in [0.2, 0.25) is 0 Å². The Balaban J connectivity index is 1.49. The number of anilines is 1. The molecule has 0 unspecified atom stereocenters. The molecule has 0 saturated heterocycles. The second-order valence-electron chi connectivity index (χ2n) is 7.63. The normalized spacial score (nSPS) is 10.5. The highest BCUT2D eigenvalue weighted by atomic mass is 16.5. The molecule has 0 bridgehead atoms. The summed E-state index contributed by atoms with van der Waals surface area (Å²) in [6.07, 6.45) is 0. The number of carbonyl (C=O) groups is 3. The average molecular weight is 454 g/mol. The Morgan fingerprint density at radius 1 is 0.882 bits per heavy atom. The first-order valence-corrected chi connectivity index (χ1v) is 10.6. The number of para-hydroxylation sites is 1. The fourth-order valence-electron chi connectivity index (χ4n) is 3.43. The standard InChI is InChI=1S/C27H22N2O5/c1-17-7-9-18(10-8-17)24-15-22(21-5-3-4-6-23(21)29-24)27(32)34-16-25(30)28-20-13-11-19(12-14-20)26(31)33-2/h3-15H,16H2,1-2H3,(H,28,30). The molecule has 1 amide bonds. The summed E-state index contributed by atoms with van der Waals surface area (Å²) in [5, 5.41) is 3.27. The van der Waals surface area contributed by atoms with E-state index in [0.717, 1.165) is 11.1 Å². The number of rotatable bonds is 6. The van der Waals surface area contributed by atoms with E-state index in [1.165, 1.54) is 19.2 Å². The molecule has 0 radical (unpaired) electrons. The van der Waals surface area contributed by atoms with E-state index in [9.17, 15) is 14.4 Å². The molecular formula is C27H22N2O5. The molecule has 3 aromatic carbocycles. The van der Waals surface area contributed by atoms with Crippen LogP contribution in [-0.2, 0) is 14.3 Å². The number of aromatic nitrogens is 1. The number of pyridine rings is 1. The lowest BCUT2D eigenvalue weighted by Crippen LogP contribution is -2.21. The molecule has 0 saturated carbocycles. The van der Waals surface area contributed by atoms with Crippen LogP contribution in [0.4, 0.5) is 5.69 Å². The number of benzene rings is 3. The third kappa shape index (κ3) is 5.10. The van der Waals surface area contributed by atoms with Crippen molar-refractivity contribution in [2.75, 3.05) is 19.0 Å². The quantitative estimate of drug-likeness (QED) is 0.421. The van der Waals surface area contributed by atoms with E-state index >= 15 is 0 Å². The van der Waals surface area contributed by atoms with Gasteiger partial charge in [-0.15, -0.1) is 0 Å². The molecule has 1 aromatic heterocycles. The van der Waals surface area contributed by atoms with Crippen LogP contribution in [0, 0.1) is 6.92 Å². The van der Waals surface area contributed by atoms with Crippen molar-refractivity contribution in [1.29, 1.82) is 0 Å². The lowest BCUT2D eigenvalue weighted by Gasteiger charge is -2.11. The van der Waals surface area contributed by atoms with Gasteiger partial charge in [-0.05, 0) is 43.3 Å². The monoisotopic (exact) mass is 454 g/mol. The van der Waals surface area contributed by atoms with Gasteiger partial charge in [-0.1, -0.05) is 48.0 Å². The van der Waals surface area contributed by atoms with Crippen molar-refractivity contribution in [3.63, 3.8) is 0 Å². The molecule has 0 aliphatic rings. The Kier molecular flexibility index (Phi) is 6.64. The minimum atomic E-state index is -0.622. The van der Waals surface area contributed by atoms with E-state index in [1.807, 2.05) is 49.4 Å². The molecule has 7 nitrogen and oxygen atoms in total. The first-order valence-electron chi connectivity index (χ1n) is 10.6. The summed E-state index contributed by atoms with van der Waals surface area (Å²) >= 11 is 0. The summed E-state index contributed by atoms with van der Waals surface area (Å²) in [7, 11) is 1.29. The summed E-state index contributed by atoms with van der Waals surface area (Å²) in [6.45, 7) is 1.53. The highest BCUT2D eigenvalue weighted by Gasteiger charge is 2.17. The van der Waals surface area contributed by atoms with Crippen LogP contribution in [-0.4, -0.2) is 36.5 Å². The highest BCUT2D eigenvalue weighted by molar-refractivity contribution is 6.05. The number of hydrogen-bond acceptors (Lipinski definition) is 6. The molecule has 4 aromatic rings. The van der Waals surface area contributed by atoms with Gasteiger partial charge in [0, 0.05) is 16.6 Å². The number of carbonyl (C=O) groups excluding carboxylic acids is 3. The van der Waals surface area contributed by atoms with Crippen molar-refractivity contribution >= 4 is 34.4 Å². The molecule has 170 valence electrons. The number of hydrogen-bond donors (Lipinski definition) is 1. The van der Waals surface area contributed by atoms with Gasteiger partial charge in [-0.2, -0.15) is 0 Å². The number of nitrogens with zero attached hydrogens (tertiary/aromatic N) is 1. The summed E-state index contributed by atoms with van der Waals surface area (Å²) in [5.74, 6) is -1.60. The van der Waals surface area contributed by atoms with E-state index in [2.05, 4.69) is 15.0 Å². The van der Waals surface area contributed by atoms with Crippen molar-refractivity contribution in [2.24, 2.45) is 0 Å². The van der Waals surface area contributed by atoms with Crippen LogP contribution in [0.3, 0.4) is 0 Å². The fourth-order valence-corrected chi connectivity index (χ4v) is 3.43. The molecule has 34 heavy (non-hydrogen) atoms. The largest absolute Gasteiger partial charge is 0.465 e. The van der Waals surface area contributed by atoms with Gasteiger partial charge in [0.15, 0.2) is 6.61 Å². The Labute approximate surface area is 196 Å². The number of fused-ring (bicyclic) bond motifs is 1. The molecule has 0 aliphatic heterocycles. The summed E-state index contributed by atoms with van der Waals surface area (Å²) < 4.78 is 9.95. The summed E-state index contributed by atoms with van der Waals surface area (Å²) in [5.41, 5.74) is 4.44. The van der Waals surface area contributed by atoms with Gasteiger partial charge in [0.2, 0.25) is 0 Å². The van der Waals surface area contributed by atoms with E-state index in [4.69, 9.17) is 4.74 Å². The van der Waals surface area contributed by atoms with E-state index < -0.39 is 24.5 Å². The molecular weight excluding hydrogens is 432 g/mol. The van der Waals surface area contributed by atoms with Crippen LogP contribution in [0.5, 0.6) is 0 Å². The van der Waals surface area contributed by atoms with Crippen molar-refractivity contribution in [1.82, 2.24) is 4.98 Å². The molecule has 7 heteroatoms. The predicted octanol–water partition coefficient (Wildman–Crippen LogP) is 4.79. The Morgan fingerprint density at radius 3 is 2.29 bits per heavy atom. The average Bonchev–Trinajstić information content (AvgIpc) is 2.87. The van der Waals surface area contributed by atoms with Crippen molar-refractivity contribution in [3.8, 4) is 11.3 Å². The van der Waals surface area contributed by atoms with Gasteiger partial charge >= 0.3 is 11.9 Å². The zero-order valence-electron chi connectivity index (χ0n) is 18.7. The topological polar surface area (TPSA) is 94.6 Å².